The summed E-state index contributed by atoms with van der Waals surface area (Å²) in [7, 11) is 0. The topological polar surface area (TPSA) is 82.7 Å². The van der Waals surface area contributed by atoms with Crippen molar-refractivity contribution in [1.29, 1.82) is 0 Å². The quantitative estimate of drug-likeness (QED) is 0.583. The predicted octanol–water partition coefficient (Wildman–Crippen LogP) is 0.559. The fourth-order valence-electron chi connectivity index (χ4n) is 1.20. The number of hydrogen-bond donors (Lipinski definition) is 1. The van der Waals surface area contributed by atoms with E-state index in [9.17, 15) is 4.79 Å². The molecule has 0 aromatic carbocycles. The van der Waals surface area contributed by atoms with Gasteiger partial charge in [-0.3, -0.25) is 0 Å². The summed E-state index contributed by atoms with van der Waals surface area (Å²) in [5.41, 5.74) is 5.88. The molecular weight excluding hydrogens is 198 g/mol. The number of hydrogen-bond acceptors (Lipinski definition) is 5. The molecule has 2 rings (SSSR count). The number of carbonyl (C=O) groups excluding carboxylic acids is 1. The van der Waals surface area contributed by atoms with E-state index in [0.29, 0.717) is 12.4 Å². The lowest BCUT2D eigenvalue weighted by atomic mass is 10.4. The molecule has 1 atom stereocenters. The second-order valence-corrected chi connectivity index (χ2v) is 3.64. The Hall–Kier alpha value is -1.56. The highest BCUT2D eigenvalue weighted by atomic mass is 16.6. The Labute approximate surface area is 87.0 Å². The molecule has 1 aliphatic rings. The zero-order chi connectivity index (χ0) is 11.0. The van der Waals surface area contributed by atoms with E-state index in [0.717, 1.165) is 0 Å². The molecule has 1 saturated heterocycles. The van der Waals surface area contributed by atoms with Crippen molar-refractivity contribution < 1.29 is 14.3 Å². The summed E-state index contributed by atoms with van der Waals surface area (Å²) < 4.78 is 11.5. The fraction of sp³-hybridized carbons (Fsp3) is 0.556. The van der Waals surface area contributed by atoms with Crippen LogP contribution in [0.3, 0.4) is 0 Å². The van der Waals surface area contributed by atoms with Gasteiger partial charge in [0.2, 0.25) is 0 Å². The molecule has 6 nitrogen and oxygen atoms in total. The molecule has 1 fully saturated rings. The van der Waals surface area contributed by atoms with Crippen molar-refractivity contribution in [2.24, 2.45) is 0 Å². The monoisotopic (exact) mass is 211 g/mol. The summed E-state index contributed by atoms with van der Waals surface area (Å²) in [5.74, 6) is -0.0516. The molecule has 15 heavy (non-hydrogen) atoms. The van der Waals surface area contributed by atoms with Crippen LogP contribution in [-0.2, 0) is 9.47 Å². The molecule has 0 saturated carbocycles. The summed E-state index contributed by atoms with van der Waals surface area (Å²) in [6.45, 7) is 4.15. The molecule has 2 heterocycles. The lowest BCUT2D eigenvalue weighted by Gasteiger charge is -2.04. The lowest BCUT2D eigenvalue weighted by Crippen LogP contribution is -2.12. The maximum Gasteiger partial charge on any atom is 0.359 e. The number of aromatic nitrogens is 2. The largest absolute Gasteiger partial charge is 0.458 e. The summed E-state index contributed by atoms with van der Waals surface area (Å²) >= 11 is 0. The Bertz CT molecular complexity index is 382. The third-order valence-electron chi connectivity index (χ3n) is 1.91. The first-order valence-electron chi connectivity index (χ1n) is 4.75. The number of rotatable bonds is 3. The first-order valence-corrected chi connectivity index (χ1v) is 4.75. The van der Waals surface area contributed by atoms with Crippen LogP contribution in [0, 0.1) is 0 Å². The standard InChI is InChI=1S/C9H13N3O3/c1-5(2)15-9(13)6-3-7(10)12(11-6)8-4-14-8/h3,5,8H,4,10H2,1-2H3. The Kier molecular flexibility index (Phi) is 2.36. The summed E-state index contributed by atoms with van der Waals surface area (Å²) in [6.07, 6.45) is -0.286. The van der Waals surface area contributed by atoms with Crippen LogP contribution < -0.4 is 5.73 Å². The van der Waals surface area contributed by atoms with Gasteiger partial charge >= 0.3 is 5.97 Å². The SMILES string of the molecule is CC(C)OC(=O)c1cc(N)n(C2CO2)n1. The van der Waals surface area contributed by atoms with E-state index in [-0.39, 0.29) is 18.0 Å². The minimum Gasteiger partial charge on any atom is -0.458 e. The number of epoxide rings is 1. The average molecular weight is 211 g/mol. The van der Waals surface area contributed by atoms with Crippen LogP contribution in [0.15, 0.2) is 6.07 Å². The summed E-state index contributed by atoms with van der Waals surface area (Å²) in [5, 5.41) is 4.02. The molecule has 0 bridgehead atoms. The fourth-order valence-corrected chi connectivity index (χ4v) is 1.20. The second-order valence-electron chi connectivity index (χ2n) is 3.64. The highest BCUT2D eigenvalue weighted by molar-refractivity contribution is 5.88. The molecule has 0 spiro atoms. The van der Waals surface area contributed by atoms with Gasteiger partial charge in [0.1, 0.15) is 5.82 Å². The normalized spacial score (nSPS) is 19.3. The van der Waals surface area contributed by atoms with Gasteiger partial charge in [-0.2, -0.15) is 5.10 Å². The number of ether oxygens (including phenoxy) is 2. The van der Waals surface area contributed by atoms with Crippen molar-refractivity contribution in [2.45, 2.75) is 26.2 Å². The maximum absolute atomic E-state index is 11.5. The third-order valence-corrected chi connectivity index (χ3v) is 1.91. The Morgan fingerprint density at radius 2 is 2.47 bits per heavy atom. The molecule has 1 aromatic heterocycles. The van der Waals surface area contributed by atoms with E-state index < -0.39 is 5.97 Å². The van der Waals surface area contributed by atoms with Gasteiger partial charge in [0.25, 0.3) is 0 Å². The summed E-state index contributed by atoms with van der Waals surface area (Å²) in [6, 6.07) is 1.49. The maximum atomic E-state index is 11.5. The minimum atomic E-state index is -0.462. The molecule has 0 amide bonds. The van der Waals surface area contributed by atoms with Crippen molar-refractivity contribution in [3.8, 4) is 0 Å². The first-order chi connectivity index (χ1) is 7.08. The molecule has 1 aliphatic heterocycles. The Balaban J connectivity index is 2.14. The van der Waals surface area contributed by atoms with Crippen molar-refractivity contribution >= 4 is 11.8 Å². The van der Waals surface area contributed by atoms with Crippen LogP contribution in [-0.4, -0.2) is 28.5 Å². The van der Waals surface area contributed by atoms with Gasteiger partial charge in [0.05, 0.1) is 12.7 Å². The van der Waals surface area contributed by atoms with Crippen LogP contribution >= 0.6 is 0 Å². The van der Waals surface area contributed by atoms with Gasteiger partial charge in [-0.15, -0.1) is 0 Å². The van der Waals surface area contributed by atoms with Crippen molar-refractivity contribution in [3.63, 3.8) is 0 Å². The van der Waals surface area contributed by atoms with E-state index in [1.165, 1.54) is 10.7 Å². The third kappa shape index (κ3) is 2.10. The minimum absolute atomic E-state index is 0.120. The van der Waals surface area contributed by atoms with Crippen molar-refractivity contribution in [1.82, 2.24) is 9.78 Å². The predicted molar refractivity (Wildman–Crippen MR) is 52.2 cm³/mol. The van der Waals surface area contributed by atoms with Gasteiger partial charge in [-0.05, 0) is 13.8 Å². The van der Waals surface area contributed by atoms with E-state index in [2.05, 4.69) is 5.10 Å². The van der Waals surface area contributed by atoms with Crippen molar-refractivity contribution in [2.75, 3.05) is 12.3 Å². The van der Waals surface area contributed by atoms with E-state index >= 15 is 0 Å². The van der Waals surface area contributed by atoms with E-state index in [4.69, 9.17) is 15.2 Å². The van der Waals surface area contributed by atoms with Gasteiger partial charge < -0.3 is 15.2 Å². The molecule has 0 aliphatic carbocycles. The van der Waals surface area contributed by atoms with Crippen LogP contribution in [0.1, 0.15) is 30.6 Å². The van der Waals surface area contributed by atoms with Gasteiger partial charge in [-0.1, -0.05) is 0 Å². The zero-order valence-electron chi connectivity index (χ0n) is 8.64. The highest BCUT2D eigenvalue weighted by Gasteiger charge is 2.29. The van der Waals surface area contributed by atoms with Crippen LogP contribution in [0.4, 0.5) is 5.82 Å². The molecule has 1 aromatic rings. The Morgan fingerprint density at radius 3 is 3.00 bits per heavy atom. The smallest absolute Gasteiger partial charge is 0.359 e. The first kappa shape index (κ1) is 9.97. The Morgan fingerprint density at radius 1 is 1.80 bits per heavy atom. The van der Waals surface area contributed by atoms with Gasteiger partial charge in [0.15, 0.2) is 11.9 Å². The zero-order valence-corrected chi connectivity index (χ0v) is 8.64. The van der Waals surface area contributed by atoms with Crippen LogP contribution in [0.25, 0.3) is 0 Å². The second kappa shape index (κ2) is 3.54. The molecule has 1 unspecified atom stereocenters. The van der Waals surface area contributed by atoms with Crippen LogP contribution in [0.2, 0.25) is 0 Å². The molecule has 82 valence electrons. The number of esters is 1. The van der Waals surface area contributed by atoms with Gasteiger partial charge in [0, 0.05) is 6.07 Å². The highest BCUT2D eigenvalue weighted by Crippen LogP contribution is 2.25. The summed E-state index contributed by atoms with van der Waals surface area (Å²) in [4.78, 5) is 11.5. The van der Waals surface area contributed by atoms with Crippen LogP contribution in [0.5, 0.6) is 0 Å². The number of anilines is 1. The van der Waals surface area contributed by atoms with E-state index in [1.807, 2.05) is 0 Å². The number of nitrogens with zero attached hydrogens (tertiary/aromatic N) is 2. The number of nitrogen functional groups attached to an aromatic ring is 1. The lowest BCUT2D eigenvalue weighted by molar-refractivity contribution is 0.0369. The number of carbonyl (C=O) groups is 1. The number of nitrogens with two attached hydrogens (primary N) is 1. The molecular formula is C9H13N3O3. The van der Waals surface area contributed by atoms with E-state index in [1.54, 1.807) is 13.8 Å². The molecule has 6 heteroatoms. The average Bonchev–Trinajstić information content (AvgIpc) is 2.89. The van der Waals surface area contributed by atoms with Gasteiger partial charge in [-0.25, -0.2) is 9.48 Å². The van der Waals surface area contributed by atoms with Crippen molar-refractivity contribution in [3.05, 3.63) is 11.8 Å². The molecule has 0 radical (unpaired) electrons. The molecule has 2 N–H and O–H groups in total.